The van der Waals surface area contributed by atoms with Gasteiger partial charge in [0.15, 0.2) is 0 Å². The molecule has 26 heavy (non-hydrogen) atoms. The summed E-state index contributed by atoms with van der Waals surface area (Å²) in [6.07, 6.45) is 4.46. The van der Waals surface area contributed by atoms with Gasteiger partial charge in [-0.05, 0) is 47.2 Å². The molecule has 2 aromatic rings. The van der Waals surface area contributed by atoms with Crippen LogP contribution in [0.3, 0.4) is 0 Å². The number of piperidine rings is 1. The summed E-state index contributed by atoms with van der Waals surface area (Å²) in [5.41, 5.74) is 7.96. The van der Waals surface area contributed by atoms with Crippen molar-refractivity contribution in [3.05, 3.63) is 41.2 Å². The van der Waals surface area contributed by atoms with E-state index in [1.165, 1.54) is 11.0 Å². The molecule has 0 aliphatic carbocycles. The van der Waals surface area contributed by atoms with Crippen molar-refractivity contribution in [1.82, 2.24) is 36.0 Å². The van der Waals surface area contributed by atoms with Crippen molar-refractivity contribution in [3.63, 3.8) is 0 Å². The van der Waals surface area contributed by atoms with Crippen molar-refractivity contribution < 1.29 is 4.79 Å². The number of hydrazine groups is 1. The molecule has 0 saturated carbocycles. The summed E-state index contributed by atoms with van der Waals surface area (Å²) in [6, 6.07) is 8.60. The van der Waals surface area contributed by atoms with E-state index in [4.69, 9.17) is 11.6 Å². The number of amides is 1. The van der Waals surface area contributed by atoms with Crippen molar-refractivity contribution >= 4 is 17.5 Å². The average Bonchev–Trinajstić information content (AvgIpc) is 3.34. The van der Waals surface area contributed by atoms with Gasteiger partial charge in [-0.1, -0.05) is 29.8 Å². The molecule has 0 radical (unpaired) electrons. The molecule has 9 heteroatoms. The summed E-state index contributed by atoms with van der Waals surface area (Å²) in [7, 11) is 0. The van der Waals surface area contributed by atoms with Gasteiger partial charge in [0.05, 0.1) is 0 Å². The summed E-state index contributed by atoms with van der Waals surface area (Å²) < 4.78 is 1.46. The number of aromatic nitrogens is 4. The molecule has 8 nitrogen and oxygen atoms in total. The molecular weight excluding hydrogens is 354 g/mol. The smallest absolute Gasteiger partial charge is 0.244 e. The third kappa shape index (κ3) is 3.72. The van der Waals surface area contributed by atoms with Gasteiger partial charge < -0.3 is 4.90 Å². The number of benzene rings is 1. The highest BCUT2D eigenvalue weighted by Crippen LogP contribution is 2.33. The molecule has 2 saturated heterocycles. The van der Waals surface area contributed by atoms with Crippen LogP contribution in [0.5, 0.6) is 0 Å². The average molecular weight is 376 g/mol. The van der Waals surface area contributed by atoms with Crippen LogP contribution in [0.15, 0.2) is 30.6 Å². The number of likely N-dealkylation sites (tertiary alicyclic amines) is 1. The van der Waals surface area contributed by atoms with E-state index >= 15 is 0 Å². The van der Waals surface area contributed by atoms with Crippen LogP contribution >= 0.6 is 11.6 Å². The van der Waals surface area contributed by atoms with E-state index in [9.17, 15) is 4.79 Å². The lowest BCUT2D eigenvalue weighted by Crippen LogP contribution is -2.45. The summed E-state index contributed by atoms with van der Waals surface area (Å²) in [5, 5.41) is 11.7. The number of carbonyl (C=O) groups is 1. The van der Waals surface area contributed by atoms with Gasteiger partial charge in [-0.15, -0.1) is 5.10 Å². The van der Waals surface area contributed by atoms with Crippen molar-refractivity contribution in [2.45, 2.75) is 37.9 Å². The first kappa shape index (κ1) is 17.4. The molecule has 2 aliphatic rings. The Kier molecular flexibility index (Phi) is 5.14. The highest BCUT2D eigenvalue weighted by atomic mass is 35.5. The number of rotatable bonds is 4. The fourth-order valence-electron chi connectivity index (χ4n) is 3.89. The Morgan fingerprint density at radius 2 is 2.04 bits per heavy atom. The second kappa shape index (κ2) is 7.69. The molecule has 0 bridgehead atoms. The normalized spacial score (nSPS) is 24.1. The zero-order chi connectivity index (χ0) is 17.9. The van der Waals surface area contributed by atoms with Gasteiger partial charge >= 0.3 is 0 Å². The fourth-order valence-corrected chi connectivity index (χ4v) is 4.16. The van der Waals surface area contributed by atoms with Gasteiger partial charge in [0, 0.05) is 30.2 Å². The van der Waals surface area contributed by atoms with Crippen LogP contribution in [0.2, 0.25) is 5.02 Å². The van der Waals surface area contributed by atoms with Crippen molar-refractivity contribution in [2.24, 2.45) is 5.92 Å². The van der Waals surface area contributed by atoms with Crippen LogP contribution in [0.4, 0.5) is 0 Å². The van der Waals surface area contributed by atoms with Crippen molar-refractivity contribution in [1.29, 1.82) is 0 Å². The molecule has 2 N–H and O–H groups in total. The van der Waals surface area contributed by atoms with E-state index < -0.39 is 0 Å². The lowest BCUT2D eigenvalue weighted by molar-refractivity contribution is -0.133. The first-order chi connectivity index (χ1) is 12.7. The van der Waals surface area contributed by atoms with E-state index in [2.05, 4.69) is 32.4 Å². The molecule has 0 spiro atoms. The number of tetrazole rings is 1. The van der Waals surface area contributed by atoms with E-state index in [0.29, 0.717) is 12.0 Å². The Morgan fingerprint density at radius 3 is 2.77 bits per heavy atom. The third-order valence-corrected chi connectivity index (χ3v) is 5.71. The first-order valence-electron chi connectivity index (χ1n) is 8.95. The van der Waals surface area contributed by atoms with Gasteiger partial charge in [0.1, 0.15) is 12.9 Å². The van der Waals surface area contributed by atoms with Gasteiger partial charge in [0.2, 0.25) is 5.91 Å². The number of hydrogen-bond donors (Lipinski definition) is 2. The Balaban J connectivity index is 1.29. The van der Waals surface area contributed by atoms with Crippen LogP contribution in [-0.2, 0) is 11.3 Å². The Hall–Kier alpha value is -2.03. The van der Waals surface area contributed by atoms with Crippen LogP contribution in [0.1, 0.15) is 30.9 Å². The fraction of sp³-hybridized carbons (Fsp3) is 0.529. The maximum Gasteiger partial charge on any atom is 0.244 e. The number of carbonyl (C=O) groups excluding carboxylic acids is 1. The third-order valence-electron chi connectivity index (χ3n) is 5.36. The van der Waals surface area contributed by atoms with Crippen molar-refractivity contribution in [2.75, 3.05) is 13.1 Å². The van der Waals surface area contributed by atoms with Crippen molar-refractivity contribution in [3.8, 4) is 0 Å². The molecule has 3 heterocycles. The molecule has 2 unspecified atom stereocenters. The molecule has 1 amide bonds. The van der Waals surface area contributed by atoms with Gasteiger partial charge in [-0.2, -0.15) is 0 Å². The number of nitrogens with one attached hydrogen (secondary N) is 2. The van der Waals surface area contributed by atoms with Crippen LogP contribution in [-0.4, -0.2) is 50.1 Å². The van der Waals surface area contributed by atoms with E-state index in [-0.39, 0.29) is 18.5 Å². The highest BCUT2D eigenvalue weighted by molar-refractivity contribution is 6.31. The van der Waals surface area contributed by atoms with Crippen LogP contribution in [0, 0.1) is 5.92 Å². The minimum atomic E-state index is 0.0715. The highest BCUT2D eigenvalue weighted by Gasteiger charge is 2.34. The molecule has 1 aromatic heterocycles. The molecule has 2 fully saturated rings. The standard InChI is InChI=1S/C17H22ClN7O/c18-14-4-2-1-3-13(14)16-9-15(20-21-16)12-5-7-24(8-6-12)17(26)10-25-11-19-22-23-25/h1-4,11-12,15-16,20-21H,5-10H2. The van der Waals surface area contributed by atoms with Gasteiger partial charge in [-0.3, -0.25) is 10.2 Å². The summed E-state index contributed by atoms with van der Waals surface area (Å²) in [4.78, 5) is 14.2. The van der Waals surface area contributed by atoms with Crippen LogP contribution in [0.25, 0.3) is 0 Å². The molecule has 138 valence electrons. The van der Waals surface area contributed by atoms with Gasteiger partial charge in [0.25, 0.3) is 0 Å². The van der Waals surface area contributed by atoms with E-state index in [0.717, 1.165) is 42.9 Å². The predicted molar refractivity (Wildman–Crippen MR) is 96.0 cm³/mol. The lowest BCUT2D eigenvalue weighted by Gasteiger charge is -2.34. The minimum Gasteiger partial charge on any atom is -0.341 e. The monoisotopic (exact) mass is 375 g/mol. The SMILES string of the molecule is O=C(Cn1cnnn1)N1CCC(C2CC(c3ccccc3Cl)NN2)CC1. The number of nitrogens with zero attached hydrogens (tertiary/aromatic N) is 5. The van der Waals surface area contributed by atoms with Gasteiger partial charge in [-0.25, -0.2) is 10.1 Å². The zero-order valence-electron chi connectivity index (χ0n) is 14.4. The van der Waals surface area contributed by atoms with E-state index in [1.54, 1.807) is 0 Å². The second-order valence-corrected chi connectivity index (χ2v) is 7.34. The summed E-state index contributed by atoms with van der Waals surface area (Å²) in [6.45, 7) is 1.76. The largest absolute Gasteiger partial charge is 0.341 e. The zero-order valence-corrected chi connectivity index (χ0v) is 15.1. The lowest BCUT2D eigenvalue weighted by atomic mass is 9.86. The second-order valence-electron chi connectivity index (χ2n) is 6.93. The minimum absolute atomic E-state index is 0.0715. The Bertz CT molecular complexity index is 745. The topological polar surface area (TPSA) is 88.0 Å². The molecular formula is C17H22ClN7O. The summed E-state index contributed by atoms with van der Waals surface area (Å²) >= 11 is 6.32. The summed E-state index contributed by atoms with van der Waals surface area (Å²) in [5.74, 6) is 0.620. The molecule has 1 aromatic carbocycles. The predicted octanol–water partition coefficient (Wildman–Crippen LogP) is 1.17. The molecule has 2 aliphatic heterocycles. The maximum absolute atomic E-state index is 12.3. The maximum atomic E-state index is 12.3. The van der Waals surface area contributed by atoms with E-state index in [1.807, 2.05) is 23.1 Å². The Labute approximate surface area is 156 Å². The number of hydrogen-bond acceptors (Lipinski definition) is 6. The molecule has 2 atom stereocenters. The number of halogens is 1. The molecule has 4 rings (SSSR count). The Morgan fingerprint density at radius 1 is 1.23 bits per heavy atom. The quantitative estimate of drug-likeness (QED) is 0.834. The van der Waals surface area contributed by atoms with Crippen LogP contribution < -0.4 is 10.9 Å². The first-order valence-corrected chi connectivity index (χ1v) is 9.32.